The van der Waals surface area contributed by atoms with Crippen LogP contribution in [0.4, 0.5) is 0 Å². The Hall–Kier alpha value is -3.18. The zero-order valence-corrected chi connectivity index (χ0v) is 19.0. The van der Waals surface area contributed by atoms with Gasteiger partial charge in [-0.15, -0.1) is 5.10 Å². The Morgan fingerprint density at radius 3 is 2.88 bits per heavy atom. The molecule has 0 radical (unpaired) electrons. The van der Waals surface area contributed by atoms with E-state index in [-0.39, 0.29) is 5.92 Å². The van der Waals surface area contributed by atoms with Gasteiger partial charge in [0, 0.05) is 31.5 Å². The smallest absolute Gasteiger partial charge is 0.213 e. The average molecular weight is 442 g/mol. The number of nitrogens with one attached hydrogen (secondary N) is 1. The Labute approximate surface area is 195 Å². The van der Waals surface area contributed by atoms with E-state index in [1.165, 1.54) is 10.8 Å². The summed E-state index contributed by atoms with van der Waals surface area (Å²) < 4.78 is 11.8. The van der Waals surface area contributed by atoms with Gasteiger partial charge < -0.3 is 9.47 Å². The zero-order chi connectivity index (χ0) is 22.3. The average Bonchev–Trinajstić information content (AvgIpc) is 3.27. The van der Waals surface area contributed by atoms with Gasteiger partial charge in [0.25, 0.3) is 0 Å². The first kappa shape index (κ1) is 21.7. The van der Waals surface area contributed by atoms with Crippen molar-refractivity contribution in [3.63, 3.8) is 0 Å². The number of aromatic nitrogens is 1. The second kappa shape index (κ2) is 10.6. The van der Waals surface area contributed by atoms with Gasteiger partial charge in [0.2, 0.25) is 5.90 Å². The maximum atomic E-state index is 6.18. The maximum absolute atomic E-state index is 6.18. The second-order valence-electron chi connectivity index (χ2n) is 8.86. The third-order valence-corrected chi connectivity index (χ3v) is 6.51. The van der Waals surface area contributed by atoms with Crippen LogP contribution in [0.1, 0.15) is 42.5 Å². The standard InChI is InChI=1S/C28H31N3O2/c1-2-5-24-12-13-25(30-27(24)7-3-1)19-21-8-10-22(11-9-21)20-33-28-26(14-16-29-31-28)23-6-4-17-32-18-15-23/h1-2,5,7-14,16,23,26,29H,3-4,6,15,17-20H2. The summed E-state index contributed by atoms with van der Waals surface area (Å²) in [6.07, 6.45) is 17.7. The Morgan fingerprint density at radius 1 is 1.03 bits per heavy atom. The van der Waals surface area contributed by atoms with Gasteiger partial charge >= 0.3 is 0 Å². The molecule has 0 saturated carbocycles. The molecule has 2 unspecified atom stereocenters. The largest absolute Gasteiger partial charge is 0.474 e. The predicted octanol–water partition coefficient (Wildman–Crippen LogP) is 3.57. The van der Waals surface area contributed by atoms with E-state index in [9.17, 15) is 0 Å². The van der Waals surface area contributed by atoms with E-state index in [0.29, 0.717) is 12.5 Å². The Bertz CT molecular complexity index is 1160. The van der Waals surface area contributed by atoms with E-state index < -0.39 is 0 Å². The summed E-state index contributed by atoms with van der Waals surface area (Å²) in [5.74, 6) is 1.52. The van der Waals surface area contributed by atoms with Crippen LogP contribution in [0.25, 0.3) is 12.2 Å². The molecule has 1 fully saturated rings. The van der Waals surface area contributed by atoms with Gasteiger partial charge in [0.1, 0.15) is 6.61 Å². The van der Waals surface area contributed by atoms with Crippen LogP contribution in [0.5, 0.6) is 0 Å². The minimum atomic E-state index is 0.218. The third-order valence-electron chi connectivity index (χ3n) is 6.51. The summed E-state index contributed by atoms with van der Waals surface area (Å²) in [6.45, 7) is 2.20. The molecular formula is C28H31N3O2. The highest BCUT2D eigenvalue weighted by molar-refractivity contribution is 5.81. The van der Waals surface area contributed by atoms with Crippen molar-refractivity contribution in [3.05, 3.63) is 88.2 Å². The Kier molecular flexibility index (Phi) is 6.97. The molecule has 1 aromatic carbocycles. The molecule has 1 aromatic heterocycles. The molecule has 0 bridgehead atoms. The summed E-state index contributed by atoms with van der Waals surface area (Å²) >= 11 is 0. The van der Waals surface area contributed by atoms with E-state index in [1.807, 2.05) is 6.20 Å². The molecule has 5 heteroatoms. The van der Waals surface area contributed by atoms with Crippen LogP contribution >= 0.6 is 0 Å². The number of hydrazone groups is 1. The van der Waals surface area contributed by atoms with E-state index in [4.69, 9.17) is 14.5 Å². The third kappa shape index (κ3) is 5.60. The molecule has 2 aliphatic heterocycles. The SMILES string of the molecule is C1=CCC=c2nc(Cc3ccc(COC4=NNC=CC4C4CCCOCC4)cc3)ccc2=C1. The number of fused-ring (bicyclic) bond motifs is 1. The summed E-state index contributed by atoms with van der Waals surface area (Å²) in [6, 6.07) is 12.9. The first-order valence-electron chi connectivity index (χ1n) is 12.0. The molecule has 5 nitrogen and oxygen atoms in total. The molecule has 1 aliphatic carbocycles. The number of hydrogen-bond donors (Lipinski definition) is 1. The normalized spacial score (nSPS) is 22.0. The number of ether oxygens (including phenoxy) is 2. The lowest BCUT2D eigenvalue weighted by Crippen LogP contribution is -2.29. The fourth-order valence-electron chi connectivity index (χ4n) is 4.66. The molecule has 5 rings (SSSR count). The molecule has 2 atom stereocenters. The minimum Gasteiger partial charge on any atom is -0.474 e. The van der Waals surface area contributed by atoms with Crippen molar-refractivity contribution in [3.8, 4) is 0 Å². The lowest BCUT2D eigenvalue weighted by molar-refractivity contribution is 0.140. The number of allylic oxidation sites excluding steroid dienone is 2. The number of pyridine rings is 1. The van der Waals surface area contributed by atoms with Crippen molar-refractivity contribution in [1.29, 1.82) is 0 Å². The van der Waals surface area contributed by atoms with Gasteiger partial charge in [0.05, 0.1) is 11.3 Å². The molecule has 0 spiro atoms. The van der Waals surface area contributed by atoms with E-state index in [0.717, 1.165) is 67.8 Å². The second-order valence-corrected chi connectivity index (χ2v) is 8.86. The van der Waals surface area contributed by atoms with Crippen LogP contribution in [0.15, 0.2) is 65.9 Å². The summed E-state index contributed by atoms with van der Waals surface area (Å²) in [5, 5.41) is 6.71. The monoisotopic (exact) mass is 441 g/mol. The van der Waals surface area contributed by atoms with Gasteiger partial charge in [-0.1, -0.05) is 60.7 Å². The number of nitrogens with zero attached hydrogens (tertiary/aromatic N) is 2. The lowest BCUT2D eigenvalue weighted by atomic mass is 9.85. The van der Waals surface area contributed by atoms with Crippen molar-refractivity contribution in [2.45, 2.75) is 38.7 Å². The zero-order valence-electron chi connectivity index (χ0n) is 19.0. The van der Waals surface area contributed by atoms with E-state index in [2.05, 4.69) is 77.3 Å². The highest BCUT2D eigenvalue weighted by Gasteiger charge is 2.28. The first-order chi connectivity index (χ1) is 16.3. The van der Waals surface area contributed by atoms with Gasteiger partial charge in [-0.25, -0.2) is 0 Å². The highest BCUT2D eigenvalue weighted by Crippen LogP contribution is 2.28. The molecule has 2 aromatic rings. The Balaban J connectivity index is 1.20. The van der Waals surface area contributed by atoms with Gasteiger partial charge in [-0.05, 0) is 54.0 Å². The van der Waals surface area contributed by atoms with Gasteiger partial charge in [-0.2, -0.15) is 0 Å². The summed E-state index contributed by atoms with van der Waals surface area (Å²) in [4.78, 5) is 4.86. The predicted molar refractivity (Wildman–Crippen MR) is 132 cm³/mol. The van der Waals surface area contributed by atoms with E-state index in [1.54, 1.807) is 0 Å². The topological polar surface area (TPSA) is 55.7 Å². The Morgan fingerprint density at radius 2 is 1.94 bits per heavy atom. The van der Waals surface area contributed by atoms with Crippen molar-refractivity contribution < 1.29 is 9.47 Å². The number of benzene rings is 1. The van der Waals surface area contributed by atoms with Crippen molar-refractivity contribution in [2.75, 3.05) is 13.2 Å². The highest BCUT2D eigenvalue weighted by atomic mass is 16.5. The fraction of sp³-hybridized carbons (Fsp3) is 0.357. The summed E-state index contributed by atoms with van der Waals surface area (Å²) in [7, 11) is 0. The molecule has 3 aliphatic rings. The van der Waals surface area contributed by atoms with Crippen LogP contribution in [0, 0.1) is 11.8 Å². The quantitative estimate of drug-likeness (QED) is 0.771. The van der Waals surface area contributed by atoms with Crippen molar-refractivity contribution in [2.24, 2.45) is 16.9 Å². The number of hydrogen-bond acceptors (Lipinski definition) is 5. The molecule has 1 N–H and O–H groups in total. The minimum absolute atomic E-state index is 0.218. The molecule has 0 amide bonds. The fourth-order valence-corrected chi connectivity index (χ4v) is 4.66. The molecule has 170 valence electrons. The van der Waals surface area contributed by atoms with Crippen LogP contribution in [-0.4, -0.2) is 24.1 Å². The molecule has 1 saturated heterocycles. The van der Waals surface area contributed by atoms with Crippen LogP contribution < -0.4 is 16.0 Å². The number of rotatable bonds is 5. The van der Waals surface area contributed by atoms with E-state index >= 15 is 0 Å². The molecule has 3 heterocycles. The molecular weight excluding hydrogens is 410 g/mol. The van der Waals surface area contributed by atoms with Crippen molar-refractivity contribution >= 4 is 18.0 Å². The van der Waals surface area contributed by atoms with Crippen LogP contribution in [0.3, 0.4) is 0 Å². The molecule has 33 heavy (non-hydrogen) atoms. The van der Waals surface area contributed by atoms with Crippen molar-refractivity contribution in [1.82, 2.24) is 10.4 Å². The van der Waals surface area contributed by atoms with Gasteiger partial charge in [0.15, 0.2) is 0 Å². The maximum Gasteiger partial charge on any atom is 0.213 e. The summed E-state index contributed by atoms with van der Waals surface area (Å²) in [5.41, 5.74) is 6.43. The van der Waals surface area contributed by atoms with Crippen LogP contribution in [-0.2, 0) is 22.5 Å². The van der Waals surface area contributed by atoms with Crippen LogP contribution in [0.2, 0.25) is 0 Å². The first-order valence-corrected chi connectivity index (χ1v) is 12.0. The lowest BCUT2D eigenvalue weighted by Gasteiger charge is -2.26. The van der Waals surface area contributed by atoms with Gasteiger partial charge in [-0.3, -0.25) is 10.4 Å².